The molecule has 2 aromatic carbocycles. The molecule has 0 heterocycles. The van der Waals surface area contributed by atoms with Crippen LogP contribution in [-0.4, -0.2) is 63.0 Å². The molecule has 2 aromatic rings. The lowest BCUT2D eigenvalue weighted by Gasteiger charge is -2.17. The normalized spacial score (nSPS) is 11.6. The van der Waals surface area contributed by atoms with E-state index in [1.54, 1.807) is 0 Å². The molecule has 0 aromatic heterocycles. The second-order valence-corrected chi connectivity index (χ2v) is 11.9. The molecule has 0 unspecified atom stereocenters. The van der Waals surface area contributed by atoms with Gasteiger partial charge in [0.1, 0.15) is 6.61 Å². The molecule has 0 aliphatic carbocycles. The van der Waals surface area contributed by atoms with Crippen molar-refractivity contribution >= 4 is 29.2 Å². The van der Waals surface area contributed by atoms with Gasteiger partial charge in [-0.15, -0.1) is 0 Å². The van der Waals surface area contributed by atoms with Gasteiger partial charge in [-0.25, -0.2) is 0 Å². The lowest BCUT2D eigenvalue weighted by molar-refractivity contribution is -0.128. The Bertz CT molecular complexity index is 1150. The summed E-state index contributed by atoms with van der Waals surface area (Å²) in [5, 5.41) is 8.35. The highest BCUT2D eigenvalue weighted by molar-refractivity contribution is 6.00. The molecule has 0 aliphatic rings. The van der Waals surface area contributed by atoms with Gasteiger partial charge >= 0.3 is 0 Å². The number of Topliss-reactive ketones (excluding diaryl/α,β-unsaturated/α-hetero) is 1. The minimum Gasteiger partial charge on any atom is -0.379 e. The van der Waals surface area contributed by atoms with E-state index in [4.69, 9.17) is 9.47 Å². The van der Waals surface area contributed by atoms with Crippen molar-refractivity contribution < 1.29 is 28.7 Å². The van der Waals surface area contributed by atoms with Crippen LogP contribution in [0.1, 0.15) is 64.7 Å². The Labute approximate surface area is 243 Å². The van der Waals surface area contributed by atoms with Crippen molar-refractivity contribution in [2.45, 2.75) is 54.4 Å². The highest BCUT2D eigenvalue weighted by Crippen LogP contribution is 2.25. The molecular weight excluding hydrogens is 522 g/mol. The number of nitrogens with one attached hydrogen (secondary N) is 3. The molecule has 3 N–H and O–H groups in total. The maximum absolute atomic E-state index is 12.4. The van der Waals surface area contributed by atoms with Crippen molar-refractivity contribution in [1.29, 1.82) is 0 Å². The van der Waals surface area contributed by atoms with E-state index >= 15 is 0 Å². The summed E-state index contributed by atoms with van der Waals surface area (Å²) in [5.74, 6) is -0.306. The van der Waals surface area contributed by atoms with Crippen molar-refractivity contribution in [2.24, 2.45) is 10.8 Å². The third kappa shape index (κ3) is 12.7. The van der Waals surface area contributed by atoms with Gasteiger partial charge in [0.25, 0.3) is 0 Å². The Morgan fingerprint density at radius 2 is 1.22 bits per heavy atom. The van der Waals surface area contributed by atoms with Crippen molar-refractivity contribution in [3.63, 3.8) is 0 Å². The average Bonchev–Trinajstić information content (AvgIpc) is 2.91. The number of rotatable bonds is 15. The zero-order valence-corrected chi connectivity index (χ0v) is 25.2. The lowest BCUT2D eigenvalue weighted by atomic mass is 9.86. The Morgan fingerprint density at radius 1 is 0.659 bits per heavy atom. The van der Waals surface area contributed by atoms with Gasteiger partial charge in [-0.05, 0) is 29.7 Å². The first-order valence-electron chi connectivity index (χ1n) is 14.0. The zero-order chi connectivity index (χ0) is 30.5. The predicted molar refractivity (Wildman–Crippen MR) is 161 cm³/mol. The third-order valence-corrected chi connectivity index (χ3v) is 6.04. The summed E-state index contributed by atoms with van der Waals surface area (Å²) in [4.78, 5) is 48.2. The maximum atomic E-state index is 12.4. The van der Waals surface area contributed by atoms with Crippen LogP contribution in [0.3, 0.4) is 0 Å². The van der Waals surface area contributed by atoms with E-state index in [0.29, 0.717) is 50.4 Å². The van der Waals surface area contributed by atoms with E-state index in [1.165, 1.54) is 0 Å². The molecule has 224 valence electrons. The monoisotopic (exact) mass is 567 g/mol. The quantitative estimate of drug-likeness (QED) is 0.213. The fraction of sp³-hybridized carbons (Fsp3) is 0.500. The van der Waals surface area contributed by atoms with Crippen molar-refractivity contribution in [1.82, 2.24) is 10.6 Å². The molecule has 0 aliphatic heterocycles. The summed E-state index contributed by atoms with van der Waals surface area (Å²) in [6.07, 6.45) is 0.896. The van der Waals surface area contributed by atoms with Gasteiger partial charge in [0, 0.05) is 48.2 Å². The number of hydrogen-bond acceptors (Lipinski definition) is 6. The number of ether oxygens (including phenoxy) is 2. The lowest BCUT2D eigenvalue weighted by Crippen LogP contribution is -2.39. The summed E-state index contributed by atoms with van der Waals surface area (Å²) >= 11 is 0. The SMILES string of the molecule is CC(C)(C)C(=O)NCCNC(=O)CCCOCCOCC(=O)Nc1ccc(-c2ccc(C(=O)C(C)(C)C)cc2)cc1. The molecule has 0 radical (unpaired) electrons. The molecule has 0 atom stereocenters. The van der Waals surface area contributed by atoms with Crippen LogP contribution in [0, 0.1) is 10.8 Å². The topological polar surface area (TPSA) is 123 Å². The Hall–Kier alpha value is -3.56. The highest BCUT2D eigenvalue weighted by atomic mass is 16.5. The van der Waals surface area contributed by atoms with Crippen LogP contribution < -0.4 is 16.0 Å². The van der Waals surface area contributed by atoms with E-state index < -0.39 is 10.8 Å². The van der Waals surface area contributed by atoms with Crippen LogP contribution in [0.15, 0.2) is 48.5 Å². The second-order valence-electron chi connectivity index (χ2n) is 11.9. The minimum absolute atomic E-state index is 0.0522. The van der Waals surface area contributed by atoms with Gasteiger partial charge in [0.05, 0.1) is 13.2 Å². The Kier molecular flexibility index (Phi) is 13.2. The molecule has 0 bridgehead atoms. The first-order chi connectivity index (χ1) is 19.3. The molecule has 0 saturated heterocycles. The van der Waals surface area contributed by atoms with Gasteiger partial charge in [0.15, 0.2) is 5.78 Å². The molecule has 3 amide bonds. The van der Waals surface area contributed by atoms with Crippen LogP contribution in [0.5, 0.6) is 0 Å². The molecular formula is C32H45N3O6. The van der Waals surface area contributed by atoms with Gasteiger partial charge in [0.2, 0.25) is 17.7 Å². The summed E-state index contributed by atoms with van der Waals surface area (Å²) < 4.78 is 10.8. The van der Waals surface area contributed by atoms with Crippen LogP contribution in [0.4, 0.5) is 5.69 Å². The van der Waals surface area contributed by atoms with Gasteiger partial charge < -0.3 is 25.4 Å². The third-order valence-electron chi connectivity index (χ3n) is 6.04. The smallest absolute Gasteiger partial charge is 0.250 e. The van der Waals surface area contributed by atoms with E-state index in [0.717, 1.165) is 11.1 Å². The van der Waals surface area contributed by atoms with Crippen molar-refractivity contribution in [3.05, 3.63) is 54.1 Å². The first-order valence-corrected chi connectivity index (χ1v) is 14.0. The highest BCUT2D eigenvalue weighted by Gasteiger charge is 2.22. The van der Waals surface area contributed by atoms with Crippen LogP contribution in [-0.2, 0) is 23.9 Å². The number of carbonyl (C=O) groups is 4. The Morgan fingerprint density at radius 3 is 1.80 bits per heavy atom. The predicted octanol–water partition coefficient (Wildman–Crippen LogP) is 4.61. The van der Waals surface area contributed by atoms with Crippen molar-refractivity contribution in [2.75, 3.05) is 44.8 Å². The standard InChI is InChI=1S/C32H45N3O6/c1-31(2,3)29(38)25-11-9-23(10-12-25)24-13-15-26(16-14-24)35-28(37)22-41-21-20-40-19-7-8-27(36)33-17-18-34-30(39)32(4,5)6/h9-16H,7-8,17-22H2,1-6H3,(H,33,36)(H,34,39)(H,35,37). The molecule has 0 spiro atoms. The average molecular weight is 568 g/mol. The number of benzene rings is 2. The molecule has 2 rings (SSSR count). The van der Waals surface area contributed by atoms with Gasteiger partial charge in [-0.1, -0.05) is 77.9 Å². The molecule has 0 fully saturated rings. The van der Waals surface area contributed by atoms with Crippen LogP contribution in [0.2, 0.25) is 0 Å². The summed E-state index contributed by atoms with van der Waals surface area (Å²) in [5.41, 5.74) is 2.44. The fourth-order valence-electron chi connectivity index (χ4n) is 3.64. The molecule has 9 heteroatoms. The van der Waals surface area contributed by atoms with E-state index in [2.05, 4.69) is 16.0 Å². The fourth-order valence-corrected chi connectivity index (χ4v) is 3.64. The number of carbonyl (C=O) groups excluding carboxylic acids is 4. The van der Waals surface area contributed by atoms with Crippen LogP contribution in [0.25, 0.3) is 11.1 Å². The van der Waals surface area contributed by atoms with Gasteiger partial charge in [-0.2, -0.15) is 0 Å². The summed E-state index contributed by atoms with van der Waals surface area (Å²) in [7, 11) is 0. The number of amides is 3. The Balaban J connectivity index is 1.56. The maximum Gasteiger partial charge on any atom is 0.250 e. The van der Waals surface area contributed by atoms with E-state index in [-0.39, 0.29) is 36.7 Å². The van der Waals surface area contributed by atoms with E-state index in [9.17, 15) is 19.2 Å². The number of hydrogen-bond donors (Lipinski definition) is 3. The largest absolute Gasteiger partial charge is 0.379 e. The molecule has 9 nitrogen and oxygen atoms in total. The molecule has 41 heavy (non-hydrogen) atoms. The molecule has 0 saturated carbocycles. The minimum atomic E-state index is -0.451. The summed E-state index contributed by atoms with van der Waals surface area (Å²) in [6.45, 7) is 12.9. The van der Waals surface area contributed by atoms with E-state index in [1.807, 2.05) is 90.1 Å². The van der Waals surface area contributed by atoms with Gasteiger partial charge in [-0.3, -0.25) is 19.2 Å². The number of ketones is 1. The summed E-state index contributed by atoms with van der Waals surface area (Å²) in [6, 6.07) is 15.0. The first kappa shape index (κ1) is 33.6. The number of anilines is 1. The van der Waals surface area contributed by atoms with Crippen molar-refractivity contribution in [3.8, 4) is 11.1 Å². The second kappa shape index (κ2) is 16.0. The van der Waals surface area contributed by atoms with Crippen LogP contribution >= 0.6 is 0 Å². The zero-order valence-electron chi connectivity index (χ0n) is 25.2.